The van der Waals surface area contributed by atoms with Gasteiger partial charge in [0.25, 0.3) is 5.91 Å². The van der Waals surface area contributed by atoms with Crippen molar-refractivity contribution in [2.45, 2.75) is 37.9 Å². The molecule has 1 heterocycles. The van der Waals surface area contributed by atoms with Crippen LogP contribution in [0.1, 0.15) is 24.8 Å². The number of halogens is 1. The number of nitrogens with one attached hydrogen (secondary N) is 1. The summed E-state index contributed by atoms with van der Waals surface area (Å²) in [6.45, 7) is 0.443. The number of ether oxygens (including phenoxy) is 2. The molecule has 128 valence electrons. The Hall–Kier alpha value is -1.63. The molecule has 2 atom stereocenters. The summed E-state index contributed by atoms with van der Waals surface area (Å²) in [5, 5.41) is 2.84. The number of anilines is 1. The summed E-state index contributed by atoms with van der Waals surface area (Å²) in [6, 6.07) is 7.41. The van der Waals surface area contributed by atoms with E-state index in [2.05, 4.69) is 10.1 Å². The number of hydrogen-bond acceptors (Lipinski definition) is 5. The van der Waals surface area contributed by atoms with E-state index >= 15 is 0 Å². The second-order valence-corrected chi connectivity index (χ2v) is 5.32. The van der Waals surface area contributed by atoms with E-state index in [9.17, 15) is 9.59 Å². The number of aryl methyl sites for hydroxylation is 1. The zero-order chi connectivity index (χ0) is 15.9. The van der Waals surface area contributed by atoms with Crippen LogP contribution >= 0.6 is 12.4 Å². The van der Waals surface area contributed by atoms with E-state index in [1.165, 1.54) is 7.11 Å². The van der Waals surface area contributed by atoms with Crippen LogP contribution in [0.15, 0.2) is 24.3 Å². The minimum Gasteiger partial charge on any atom is -0.469 e. The monoisotopic (exact) mass is 342 g/mol. The molecule has 1 fully saturated rings. The van der Waals surface area contributed by atoms with Crippen molar-refractivity contribution in [3.8, 4) is 0 Å². The Labute approximate surface area is 142 Å². The van der Waals surface area contributed by atoms with Crippen LogP contribution in [0.4, 0.5) is 5.69 Å². The molecule has 0 aromatic heterocycles. The lowest BCUT2D eigenvalue weighted by Crippen LogP contribution is -2.29. The largest absolute Gasteiger partial charge is 0.469 e. The minimum absolute atomic E-state index is 0. The number of benzene rings is 1. The second-order valence-electron chi connectivity index (χ2n) is 5.32. The first-order chi connectivity index (χ1) is 10.6. The van der Waals surface area contributed by atoms with E-state index in [1.807, 2.05) is 24.3 Å². The SMILES string of the molecule is COC(=O)CCc1ccc(NC(=O)[C@@H]2CC[C@H](CN)O2)cc1.Cl. The molecule has 0 aliphatic carbocycles. The lowest BCUT2D eigenvalue weighted by atomic mass is 10.1. The zero-order valence-electron chi connectivity index (χ0n) is 13.1. The number of nitrogens with two attached hydrogens (primary N) is 1. The van der Waals surface area contributed by atoms with Crippen LogP contribution in [-0.2, 0) is 25.5 Å². The average Bonchev–Trinajstić information content (AvgIpc) is 3.03. The Morgan fingerprint density at radius 2 is 2.00 bits per heavy atom. The molecule has 1 saturated heterocycles. The van der Waals surface area contributed by atoms with Crippen LogP contribution in [0, 0.1) is 0 Å². The van der Waals surface area contributed by atoms with Gasteiger partial charge < -0.3 is 20.5 Å². The van der Waals surface area contributed by atoms with Gasteiger partial charge in [-0.15, -0.1) is 12.4 Å². The van der Waals surface area contributed by atoms with Crippen LogP contribution in [-0.4, -0.2) is 37.7 Å². The normalized spacial score (nSPS) is 19.7. The third-order valence-electron chi connectivity index (χ3n) is 3.73. The summed E-state index contributed by atoms with van der Waals surface area (Å²) in [7, 11) is 1.38. The van der Waals surface area contributed by atoms with Gasteiger partial charge in [0.15, 0.2) is 0 Å². The third-order valence-corrected chi connectivity index (χ3v) is 3.73. The van der Waals surface area contributed by atoms with Crippen molar-refractivity contribution in [2.75, 3.05) is 19.0 Å². The lowest BCUT2D eigenvalue weighted by Gasteiger charge is -2.13. The summed E-state index contributed by atoms with van der Waals surface area (Å²) < 4.78 is 10.2. The molecule has 1 aliphatic rings. The highest BCUT2D eigenvalue weighted by Gasteiger charge is 2.29. The van der Waals surface area contributed by atoms with Gasteiger partial charge >= 0.3 is 5.97 Å². The van der Waals surface area contributed by atoms with E-state index in [-0.39, 0.29) is 30.4 Å². The first-order valence-electron chi connectivity index (χ1n) is 7.44. The maximum Gasteiger partial charge on any atom is 0.305 e. The summed E-state index contributed by atoms with van der Waals surface area (Å²) in [5.74, 6) is -0.372. The summed E-state index contributed by atoms with van der Waals surface area (Å²) in [4.78, 5) is 23.2. The van der Waals surface area contributed by atoms with Crippen molar-refractivity contribution in [3.63, 3.8) is 0 Å². The van der Waals surface area contributed by atoms with Crippen LogP contribution in [0.5, 0.6) is 0 Å². The van der Waals surface area contributed by atoms with Crippen molar-refractivity contribution in [2.24, 2.45) is 5.73 Å². The van der Waals surface area contributed by atoms with Crippen LogP contribution in [0.2, 0.25) is 0 Å². The average molecular weight is 343 g/mol. The van der Waals surface area contributed by atoms with E-state index in [0.29, 0.717) is 31.5 Å². The Kier molecular flexibility index (Phi) is 8.02. The Balaban J connectivity index is 0.00000264. The number of methoxy groups -OCH3 is 1. The molecule has 3 N–H and O–H groups in total. The molecule has 2 rings (SSSR count). The van der Waals surface area contributed by atoms with Gasteiger partial charge in [0, 0.05) is 18.7 Å². The van der Waals surface area contributed by atoms with E-state index in [4.69, 9.17) is 10.5 Å². The number of hydrogen-bond donors (Lipinski definition) is 2. The first kappa shape index (κ1) is 19.4. The van der Waals surface area contributed by atoms with Gasteiger partial charge in [0.05, 0.1) is 13.2 Å². The highest BCUT2D eigenvalue weighted by Crippen LogP contribution is 2.20. The van der Waals surface area contributed by atoms with Crippen LogP contribution in [0.3, 0.4) is 0 Å². The highest BCUT2D eigenvalue weighted by atomic mass is 35.5. The molecule has 7 heteroatoms. The molecule has 0 spiro atoms. The fraction of sp³-hybridized carbons (Fsp3) is 0.500. The number of rotatable bonds is 6. The van der Waals surface area contributed by atoms with Gasteiger partial charge in [0.2, 0.25) is 0 Å². The minimum atomic E-state index is -0.424. The highest BCUT2D eigenvalue weighted by molar-refractivity contribution is 5.94. The van der Waals surface area contributed by atoms with Crippen molar-refractivity contribution in [1.82, 2.24) is 0 Å². The van der Waals surface area contributed by atoms with Gasteiger partial charge in [-0.05, 0) is 37.0 Å². The smallest absolute Gasteiger partial charge is 0.305 e. The zero-order valence-corrected chi connectivity index (χ0v) is 13.9. The molecule has 6 nitrogen and oxygen atoms in total. The molecule has 1 aromatic rings. The van der Waals surface area contributed by atoms with Gasteiger partial charge in [-0.25, -0.2) is 0 Å². The molecule has 1 amide bonds. The van der Waals surface area contributed by atoms with Gasteiger partial charge in [0.1, 0.15) is 6.10 Å². The predicted octanol–water partition coefficient (Wildman–Crippen LogP) is 1.66. The fourth-order valence-electron chi connectivity index (χ4n) is 2.40. The molecular weight excluding hydrogens is 320 g/mol. The molecule has 0 radical (unpaired) electrons. The summed E-state index contributed by atoms with van der Waals surface area (Å²) >= 11 is 0. The van der Waals surface area contributed by atoms with Gasteiger partial charge in [-0.1, -0.05) is 12.1 Å². The topological polar surface area (TPSA) is 90.7 Å². The van der Waals surface area contributed by atoms with Crippen molar-refractivity contribution in [1.29, 1.82) is 0 Å². The van der Waals surface area contributed by atoms with Gasteiger partial charge in [-0.2, -0.15) is 0 Å². The molecular formula is C16H23ClN2O4. The first-order valence-corrected chi connectivity index (χ1v) is 7.44. The Morgan fingerprint density at radius 1 is 1.30 bits per heavy atom. The number of carbonyl (C=O) groups is 2. The number of esters is 1. The molecule has 0 saturated carbocycles. The van der Waals surface area contributed by atoms with Crippen LogP contribution < -0.4 is 11.1 Å². The molecule has 0 unspecified atom stereocenters. The number of amides is 1. The Morgan fingerprint density at radius 3 is 2.57 bits per heavy atom. The fourth-order valence-corrected chi connectivity index (χ4v) is 2.40. The third kappa shape index (κ3) is 5.82. The number of carbonyl (C=O) groups excluding carboxylic acids is 2. The van der Waals surface area contributed by atoms with E-state index in [1.54, 1.807) is 0 Å². The molecule has 1 aromatic carbocycles. The Bertz CT molecular complexity index is 521. The maximum atomic E-state index is 12.1. The molecule has 0 bridgehead atoms. The standard InChI is InChI=1S/C16H22N2O4.ClH/c1-21-15(19)9-4-11-2-5-12(6-3-11)18-16(20)14-8-7-13(10-17)22-14;/h2-3,5-6,13-14H,4,7-10,17H2,1H3,(H,18,20);1H/t13-,14+;/m1./s1. The predicted molar refractivity (Wildman–Crippen MR) is 89.6 cm³/mol. The summed E-state index contributed by atoms with van der Waals surface area (Å²) in [6.07, 6.45) is 2.04. The quantitative estimate of drug-likeness (QED) is 0.767. The lowest BCUT2D eigenvalue weighted by molar-refractivity contribution is -0.140. The van der Waals surface area contributed by atoms with Crippen molar-refractivity contribution < 1.29 is 19.1 Å². The van der Waals surface area contributed by atoms with Crippen molar-refractivity contribution >= 4 is 30.0 Å². The molecule has 1 aliphatic heterocycles. The van der Waals surface area contributed by atoms with E-state index < -0.39 is 6.10 Å². The van der Waals surface area contributed by atoms with Crippen molar-refractivity contribution in [3.05, 3.63) is 29.8 Å². The second kappa shape index (κ2) is 9.50. The van der Waals surface area contributed by atoms with Gasteiger partial charge in [-0.3, -0.25) is 9.59 Å². The van der Waals surface area contributed by atoms with E-state index in [0.717, 1.165) is 12.0 Å². The molecule has 23 heavy (non-hydrogen) atoms. The van der Waals surface area contributed by atoms with Crippen LogP contribution in [0.25, 0.3) is 0 Å². The maximum absolute atomic E-state index is 12.1. The summed E-state index contributed by atoms with van der Waals surface area (Å²) in [5.41, 5.74) is 7.27.